The fraction of sp³-hybridized carbons (Fsp3) is 1.00. The zero-order valence-corrected chi connectivity index (χ0v) is 17.2. The molecule has 3 fully saturated rings. The smallest absolute Gasteiger partial charge is 0.0897 e. The molecule has 0 aromatic rings. The lowest BCUT2D eigenvalue weighted by Crippen LogP contribution is -2.32. The highest BCUT2D eigenvalue weighted by atomic mass is 32.2. The third-order valence-corrected chi connectivity index (χ3v) is 10.5. The molecule has 3 aliphatic rings. The monoisotopic (exact) mass is 372 g/mol. The average Bonchev–Trinajstić information content (AvgIpc) is 2.64. The first-order chi connectivity index (χ1) is 11.8. The predicted molar refractivity (Wildman–Crippen MR) is 109 cm³/mol. The molecule has 2 saturated carbocycles. The predicted octanol–water partition coefficient (Wildman–Crippen LogP) is 7.18. The molecule has 0 N–H and O–H groups in total. The molecule has 3 rings (SSSR count). The van der Waals surface area contributed by atoms with Crippen molar-refractivity contribution in [1.82, 2.24) is 0 Å². The van der Waals surface area contributed by atoms with Crippen LogP contribution in [-0.2, 0) is 0 Å². The van der Waals surface area contributed by atoms with Crippen LogP contribution in [0, 0.1) is 29.6 Å². The normalized spacial score (nSPS) is 41.2. The van der Waals surface area contributed by atoms with Gasteiger partial charge in [-0.05, 0) is 73.2 Å². The van der Waals surface area contributed by atoms with E-state index in [1.54, 1.807) is 0 Å². The summed E-state index contributed by atoms with van der Waals surface area (Å²) >= 11 is 4.57. The van der Waals surface area contributed by atoms with Crippen LogP contribution >= 0.6 is 23.5 Å². The van der Waals surface area contributed by atoms with E-state index in [-0.39, 0.29) is 6.67 Å². The molecular formula is C21H37FS2. The summed E-state index contributed by atoms with van der Waals surface area (Å²) < 4.78 is 13.4. The van der Waals surface area contributed by atoms with Crippen molar-refractivity contribution < 1.29 is 4.39 Å². The summed E-state index contributed by atoms with van der Waals surface area (Å²) in [6, 6.07) is 0. The van der Waals surface area contributed by atoms with Gasteiger partial charge in [-0.25, -0.2) is 0 Å². The van der Waals surface area contributed by atoms with Crippen molar-refractivity contribution in [3.8, 4) is 0 Å². The number of thioether (sulfide) groups is 2. The van der Waals surface area contributed by atoms with E-state index in [1.165, 1.54) is 75.7 Å². The summed E-state index contributed by atoms with van der Waals surface area (Å²) in [4.78, 5) is 0. The van der Waals surface area contributed by atoms with Crippen molar-refractivity contribution >= 4 is 23.5 Å². The van der Waals surface area contributed by atoms with Crippen LogP contribution in [0.3, 0.4) is 0 Å². The van der Waals surface area contributed by atoms with Crippen molar-refractivity contribution in [1.29, 1.82) is 0 Å². The van der Waals surface area contributed by atoms with E-state index in [0.717, 1.165) is 34.7 Å². The lowest BCUT2D eigenvalue weighted by molar-refractivity contribution is 0.219. The fourth-order valence-corrected chi connectivity index (χ4v) is 9.09. The Morgan fingerprint density at radius 1 is 0.708 bits per heavy atom. The molecule has 0 bridgehead atoms. The van der Waals surface area contributed by atoms with E-state index >= 15 is 0 Å². The van der Waals surface area contributed by atoms with E-state index in [4.69, 9.17) is 0 Å². The molecule has 0 radical (unpaired) electrons. The Morgan fingerprint density at radius 3 is 1.79 bits per heavy atom. The summed E-state index contributed by atoms with van der Waals surface area (Å²) in [5, 5.41) is 0. The van der Waals surface area contributed by atoms with Crippen LogP contribution in [-0.4, -0.2) is 22.8 Å². The summed E-state index contributed by atoms with van der Waals surface area (Å²) in [7, 11) is 0. The van der Waals surface area contributed by atoms with Crippen molar-refractivity contribution in [3.63, 3.8) is 0 Å². The minimum Gasteiger partial charge on any atom is -0.251 e. The summed E-state index contributed by atoms with van der Waals surface area (Å²) in [6.07, 6.45) is 15.0. The first-order valence-corrected chi connectivity index (χ1v) is 12.7. The minimum atomic E-state index is -0.107. The molecule has 0 amide bonds. The third kappa shape index (κ3) is 5.32. The molecule has 1 heterocycles. The second kappa shape index (κ2) is 10.1. The van der Waals surface area contributed by atoms with Gasteiger partial charge in [-0.1, -0.05) is 45.4 Å². The molecule has 3 heteroatoms. The van der Waals surface area contributed by atoms with Gasteiger partial charge in [0.2, 0.25) is 0 Å². The van der Waals surface area contributed by atoms with Crippen LogP contribution in [0.5, 0.6) is 0 Å². The number of hydrogen-bond donors (Lipinski definition) is 0. The maximum absolute atomic E-state index is 12.5. The van der Waals surface area contributed by atoms with Crippen molar-refractivity contribution in [2.45, 2.75) is 82.1 Å². The maximum atomic E-state index is 12.5. The van der Waals surface area contributed by atoms with E-state index in [2.05, 4.69) is 30.4 Å². The molecule has 0 atom stereocenters. The molecule has 0 spiro atoms. The topological polar surface area (TPSA) is 0 Å². The number of halogens is 1. The Morgan fingerprint density at radius 2 is 1.25 bits per heavy atom. The van der Waals surface area contributed by atoms with Gasteiger partial charge in [-0.2, -0.15) is 0 Å². The van der Waals surface area contributed by atoms with E-state index in [9.17, 15) is 4.39 Å². The van der Waals surface area contributed by atoms with Gasteiger partial charge in [0, 0.05) is 0 Å². The van der Waals surface area contributed by atoms with Gasteiger partial charge in [-0.3, -0.25) is 4.39 Å². The molecule has 0 unspecified atom stereocenters. The van der Waals surface area contributed by atoms with Crippen LogP contribution < -0.4 is 0 Å². The molecule has 0 aromatic heterocycles. The summed E-state index contributed by atoms with van der Waals surface area (Å²) in [6.45, 7) is 2.23. The molecule has 140 valence electrons. The minimum absolute atomic E-state index is 0.107. The number of hydrogen-bond acceptors (Lipinski definition) is 2. The van der Waals surface area contributed by atoms with Crippen LogP contribution in [0.15, 0.2) is 0 Å². The zero-order valence-electron chi connectivity index (χ0n) is 15.6. The average molecular weight is 373 g/mol. The van der Waals surface area contributed by atoms with Crippen molar-refractivity contribution in [3.05, 3.63) is 0 Å². The number of rotatable bonds is 6. The Hall–Kier alpha value is 0.630. The number of alkyl halides is 1. The van der Waals surface area contributed by atoms with E-state index in [0.29, 0.717) is 5.92 Å². The largest absolute Gasteiger partial charge is 0.251 e. The molecule has 24 heavy (non-hydrogen) atoms. The van der Waals surface area contributed by atoms with E-state index in [1.807, 2.05) is 0 Å². The fourth-order valence-electron chi connectivity index (χ4n) is 5.34. The second-order valence-corrected chi connectivity index (χ2v) is 11.3. The standard InChI is InChI=1S/C21H37FS2/c1-2-3-16-4-8-18(9-5-16)20-14-23-21(24-15-20)19-10-6-17(7-11-19)12-13-22/h16-21H,2-15H2,1H3. The zero-order chi connectivity index (χ0) is 16.8. The molecule has 1 aliphatic heterocycles. The highest BCUT2D eigenvalue weighted by Gasteiger charge is 2.35. The Labute approximate surface area is 157 Å². The van der Waals surface area contributed by atoms with Gasteiger partial charge >= 0.3 is 0 Å². The first-order valence-electron chi connectivity index (χ1n) is 10.6. The van der Waals surface area contributed by atoms with E-state index < -0.39 is 0 Å². The quantitative estimate of drug-likeness (QED) is 0.484. The van der Waals surface area contributed by atoms with Crippen molar-refractivity contribution in [2.24, 2.45) is 29.6 Å². The van der Waals surface area contributed by atoms with Gasteiger partial charge in [-0.15, -0.1) is 23.5 Å². The summed E-state index contributed by atoms with van der Waals surface area (Å²) in [5.41, 5.74) is 0. The van der Waals surface area contributed by atoms with Gasteiger partial charge in [0.1, 0.15) is 0 Å². The highest BCUT2D eigenvalue weighted by Crippen LogP contribution is 2.48. The Balaban J connectivity index is 1.36. The first kappa shape index (κ1) is 19.4. The van der Waals surface area contributed by atoms with Gasteiger partial charge in [0.15, 0.2) is 0 Å². The second-order valence-electron chi connectivity index (χ2n) is 8.62. The van der Waals surface area contributed by atoms with Crippen molar-refractivity contribution in [2.75, 3.05) is 18.2 Å². The van der Waals surface area contributed by atoms with Gasteiger partial charge in [0.25, 0.3) is 0 Å². The molecule has 0 aromatic carbocycles. The highest BCUT2D eigenvalue weighted by molar-refractivity contribution is 8.17. The third-order valence-electron chi connectivity index (χ3n) is 7.00. The van der Waals surface area contributed by atoms with Crippen LogP contribution in [0.2, 0.25) is 0 Å². The van der Waals surface area contributed by atoms with Crippen LogP contribution in [0.4, 0.5) is 4.39 Å². The lowest BCUT2D eigenvalue weighted by atomic mass is 9.75. The Bertz CT molecular complexity index is 304. The molecular weight excluding hydrogens is 335 g/mol. The molecule has 2 aliphatic carbocycles. The van der Waals surface area contributed by atoms with Gasteiger partial charge < -0.3 is 0 Å². The van der Waals surface area contributed by atoms with Gasteiger partial charge in [0.05, 0.1) is 11.3 Å². The summed E-state index contributed by atoms with van der Waals surface area (Å²) in [5.74, 6) is 7.51. The SMILES string of the molecule is CCCC1CCC(C2CSC(C3CCC(CCF)CC3)SC2)CC1. The van der Waals surface area contributed by atoms with Crippen LogP contribution in [0.25, 0.3) is 0 Å². The Kier molecular flexibility index (Phi) is 8.15. The molecule has 1 saturated heterocycles. The molecule has 0 nitrogen and oxygen atoms in total. The lowest BCUT2D eigenvalue weighted by Gasteiger charge is -2.40. The van der Waals surface area contributed by atoms with Crippen LogP contribution in [0.1, 0.15) is 77.6 Å². The maximum Gasteiger partial charge on any atom is 0.0897 e.